The Hall–Kier alpha value is -1.92. The molecule has 0 unspecified atom stereocenters. The molecular weight excluding hydrogens is 386 g/mol. The van der Waals surface area contributed by atoms with Gasteiger partial charge in [0.15, 0.2) is 0 Å². The second-order valence-corrected chi connectivity index (χ2v) is 20.1. The van der Waals surface area contributed by atoms with Crippen LogP contribution in [0.25, 0.3) is 0 Å². The molecule has 2 aromatic rings. The molecule has 1 aliphatic rings. The lowest BCUT2D eigenvalue weighted by Gasteiger charge is -2.51. The van der Waals surface area contributed by atoms with Crippen LogP contribution in [0.2, 0.25) is 38.3 Å². The van der Waals surface area contributed by atoms with E-state index in [4.69, 9.17) is 0 Å². The van der Waals surface area contributed by atoms with Gasteiger partial charge in [0.25, 0.3) is 0 Å². The Morgan fingerprint density at radius 3 is 2.03 bits per heavy atom. The van der Waals surface area contributed by atoms with Gasteiger partial charge in [-0.25, -0.2) is 0 Å². The van der Waals surface area contributed by atoms with Crippen molar-refractivity contribution in [2.24, 2.45) is 5.92 Å². The third-order valence-electron chi connectivity index (χ3n) is 6.48. The highest BCUT2D eigenvalue weighted by molar-refractivity contribution is 6.91. The molecule has 1 fully saturated rings. The molecule has 29 heavy (non-hydrogen) atoms. The van der Waals surface area contributed by atoms with Crippen molar-refractivity contribution < 1.29 is 4.79 Å². The first kappa shape index (κ1) is 21.8. The van der Waals surface area contributed by atoms with Gasteiger partial charge in [-0.2, -0.15) is 0 Å². The zero-order chi connectivity index (χ0) is 21.2. The van der Waals surface area contributed by atoms with Crippen LogP contribution >= 0.6 is 0 Å². The molecule has 0 aliphatic carbocycles. The summed E-state index contributed by atoms with van der Waals surface area (Å²) in [6.07, 6.45) is 2.35. The summed E-state index contributed by atoms with van der Waals surface area (Å²) in [7, 11) is -3.09. The van der Waals surface area contributed by atoms with E-state index < -0.39 is 16.1 Å². The van der Waals surface area contributed by atoms with E-state index in [1.807, 2.05) is 6.07 Å². The van der Waals surface area contributed by atoms with Crippen LogP contribution in [0.4, 0.5) is 0 Å². The number of hydrogen-bond donors (Lipinski definition) is 0. The lowest BCUT2D eigenvalue weighted by molar-refractivity contribution is -0.154. The fourth-order valence-electron chi connectivity index (χ4n) is 4.26. The van der Waals surface area contributed by atoms with E-state index in [2.05, 4.69) is 111 Å². The normalized spacial score (nSPS) is 21.3. The Kier molecular flexibility index (Phi) is 6.34. The Bertz CT molecular complexity index is 855. The van der Waals surface area contributed by atoms with Crippen molar-refractivity contribution in [3.05, 3.63) is 78.0 Å². The molecule has 0 N–H and O–H groups in total. The fourth-order valence-corrected chi connectivity index (χ4v) is 7.85. The summed E-state index contributed by atoms with van der Waals surface area (Å²) in [6.45, 7) is 14.9. The van der Waals surface area contributed by atoms with Gasteiger partial charge in [-0.1, -0.05) is 117 Å². The van der Waals surface area contributed by atoms with Gasteiger partial charge in [0.1, 0.15) is 0 Å². The average Bonchev–Trinajstić information content (AvgIpc) is 2.69. The molecule has 3 rings (SSSR count). The topological polar surface area (TPSA) is 20.3 Å². The molecule has 1 heterocycles. The van der Waals surface area contributed by atoms with E-state index in [1.54, 1.807) is 0 Å². The molecule has 3 atom stereocenters. The number of carbonyl (C=O) groups is 1. The van der Waals surface area contributed by atoms with E-state index in [0.29, 0.717) is 18.0 Å². The van der Waals surface area contributed by atoms with Crippen LogP contribution in [0.1, 0.15) is 12.5 Å². The molecule has 0 bridgehead atoms. The monoisotopic (exact) mass is 421 g/mol. The number of carbonyl (C=O) groups excluding carboxylic acids is 1. The smallest absolute Gasteiger partial charge is 0.228 e. The summed E-state index contributed by atoms with van der Waals surface area (Å²) in [5.74, 6) is 0.413. The van der Waals surface area contributed by atoms with Gasteiger partial charge >= 0.3 is 0 Å². The maximum absolute atomic E-state index is 13.3. The van der Waals surface area contributed by atoms with Crippen LogP contribution in [-0.4, -0.2) is 33.0 Å². The Morgan fingerprint density at radius 1 is 0.931 bits per heavy atom. The number of hydrogen-bond acceptors (Lipinski definition) is 1. The van der Waals surface area contributed by atoms with Crippen LogP contribution in [0, 0.1) is 5.92 Å². The molecule has 0 aromatic heterocycles. The number of nitrogens with zero attached hydrogens (tertiary/aromatic N) is 1. The predicted molar refractivity (Wildman–Crippen MR) is 130 cm³/mol. The second-order valence-electron chi connectivity index (χ2n) is 10.1. The second kappa shape index (κ2) is 8.44. The van der Waals surface area contributed by atoms with Crippen molar-refractivity contribution in [1.29, 1.82) is 0 Å². The van der Waals surface area contributed by atoms with Crippen LogP contribution < -0.4 is 5.19 Å². The Morgan fingerprint density at radius 2 is 1.48 bits per heavy atom. The zero-order valence-corrected chi connectivity index (χ0v) is 20.7. The van der Waals surface area contributed by atoms with Crippen molar-refractivity contribution >= 4 is 27.2 Å². The van der Waals surface area contributed by atoms with Crippen molar-refractivity contribution in [3.8, 4) is 0 Å². The average molecular weight is 422 g/mol. The van der Waals surface area contributed by atoms with E-state index in [9.17, 15) is 4.79 Å². The van der Waals surface area contributed by atoms with E-state index >= 15 is 0 Å². The summed E-state index contributed by atoms with van der Waals surface area (Å²) >= 11 is 0. The summed E-state index contributed by atoms with van der Waals surface area (Å²) in [5.41, 5.74) is 4.01. The van der Waals surface area contributed by atoms with Crippen molar-refractivity contribution in [1.82, 2.24) is 4.90 Å². The van der Waals surface area contributed by atoms with Gasteiger partial charge in [0.05, 0.1) is 28.1 Å². The first-order valence-electron chi connectivity index (χ1n) is 10.7. The maximum Gasteiger partial charge on any atom is 0.228 e. The van der Waals surface area contributed by atoms with Gasteiger partial charge in [-0.3, -0.25) is 4.79 Å². The minimum absolute atomic E-state index is 0.0909. The molecule has 4 heteroatoms. The minimum atomic E-state index is -1.77. The maximum atomic E-state index is 13.3. The quantitative estimate of drug-likeness (QED) is 0.430. The van der Waals surface area contributed by atoms with Gasteiger partial charge in [-0.15, -0.1) is 0 Å². The highest BCUT2D eigenvalue weighted by atomic mass is 28.3. The van der Waals surface area contributed by atoms with E-state index in [-0.39, 0.29) is 12.0 Å². The lowest BCUT2D eigenvalue weighted by Crippen LogP contribution is -2.64. The standard InChI is InChI=1S/C25H35NOSi2/c1-20(29(5,6)22-15-11-8-12-16-22)24-23(17-18-28(2,3)4)26(25(24)27)19-21-13-9-7-10-14-21/h7-18,20,23-24H,19H2,1-6H3/b18-17+/t20-,23-,24+/m0/s1. The number of amides is 1. The van der Waals surface area contributed by atoms with Crippen molar-refractivity contribution in [3.63, 3.8) is 0 Å². The summed E-state index contributed by atoms with van der Waals surface area (Å²) < 4.78 is 0. The lowest BCUT2D eigenvalue weighted by atomic mass is 9.84. The number of benzene rings is 2. The summed E-state index contributed by atoms with van der Waals surface area (Å²) in [6, 6.07) is 21.4. The largest absolute Gasteiger partial charge is 0.331 e. The third kappa shape index (κ3) is 4.81. The molecule has 1 saturated heterocycles. The van der Waals surface area contributed by atoms with Crippen molar-refractivity contribution in [2.75, 3.05) is 0 Å². The molecule has 0 radical (unpaired) electrons. The molecule has 1 aliphatic heterocycles. The van der Waals surface area contributed by atoms with Gasteiger partial charge in [0, 0.05) is 6.54 Å². The Balaban J connectivity index is 1.88. The van der Waals surface area contributed by atoms with E-state index in [1.165, 1.54) is 10.8 Å². The third-order valence-corrected chi connectivity index (χ3v) is 12.1. The van der Waals surface area contributed by atoms with Crippen LogP contribution in [0.3, 0.4) is 0 Å². The highest BCUT2D eigenvalue weighted by Crippen LogP contribution is 2.42. The first-order valence-corrected chi connectivity index (χ1v) is 17.4. The van der Waals surface area contributed by atoms with Crippen LogP contribution in [-0.2, 0) is 11.3 Å². The first-order chi connectivity index (χ1) is 13.6. The SMILES string of the molecule is C[C@@H]([C@H]1C(=O)N(Cc2ccccc2)[C@H]1/C=C/[Si](C)(C)C)[Si](C)(C)c1ccccc1. The van der Waals surface area contributed by atoms with Gasteiger partial charge in [-0.05, 0) is 11.1 Å². The summed E-state index contributed by atoms with van der Waals surface area (Å²) in [5, 5.41) is 1.44. The molecule has 1 amide bonds. The molecule has 154 valence electrons. The van der Waals surface area contributed by atoms with Crippen molar-refractivity contribution in [2.45, 2.75) is 57.8 Å². The molecule has 2 aromatic carbocycles. The number of rotatable bonds is 7. The van der Waals surface area contributed by atoms with Crippen LogP contribution in [0.5, 0.6) is 0 Å². The molecule has 2 nitrogen and oxygen atoms in total. The molecular formula is C25H35NOSi2. The Labute approximate surface area is 178 Å². The minimum Gasteiger partial charge on any atom is -0.331 e. The van der Waals surface area contributed by atoms with Crippen LogP contribution in [0.15, 0.2) is 72.4 Å². The predicted octanol–water partition coefficient (Wildman–Crippen LogP) is 5.45. The van der Waals surface area contributed by atoms with E-state index in [0.717, 1.165) is 0 Å². The van der Waals surface area contributed by atoms with Gasteiger partial charge < -0.3 is 4.90 Å². The fraction of sp³-hybridized carbons (Fsp3) is 0.400. The number of likely N-dealkylation sites (tertiary alicyclic amines) is 1. The zero-order valence-electron chi connectivity index (χ0n) is 18.7. The highest BCUT2D eigenvalue weighted by Gasteiger charge is 2.52. The van der Waals surface area contributed by atoms with Gasteiger partial charge in [0.2, 0.25) is 5.91 Å². The summed E-state index contributed by atoms with van der Waals surface area (Å²) in [4.78, 5) is 15.4. The molecule has 0 spiro atoms. The molecule has 0 saturated carbocycles. The number of β-lactam (4-membered cyclic amide) rings is 1.